The molecule has 0 saturated carbocycles. The third-order valence-electron chi connectivity index (χ3n) is 6.21. The van der Waals surface area contributed by atoms with Gasteiger partial charge in [-0.2, -0.15) is 0 Å². The molecule has 1 spiro atoms. The zero-order valence-corrected chi connectivity index (χ0v) is 17.4. The number of anilines is 1. The molecule has 1 aromatic carbocycles. The van der Waals surface area contributed by atoms with Crippen LogP contribution in [0.1, 0.15) is 24.1 Å². The van der Waals surface area contributed by atoms with Crippen molar-refractivity contribution in [3.05, 3.63) is 45.6 Å². The number of halogens is 2. The van der Waals surface area contributed by atoms with Crippen molar-refractivity contribution in [2.24, 2.45) is 11.1 Å². The molecule has 3 heterocycles. The molecule has 5 nitrogen and oxygen atoms in total. The summed E-state index contributed by atoms with van der Waals surface area (Å²) in [6.07, 6.45) is 1.95. The van der Waals surface area contributed by atoms with Gasteiger partial charge in [0.2, 0.25) is 0 Å². The Balaban J connectivity index is 1.64. The molecule has 2 fully saturated rings. The Bertz CT molecular complexity index is 882. The van der Waals surface area contributed by atoms with Gasteiger partial charge >= 0.3 is 0 Å². The maximum atomic E-state index is 10.0. The van der Waals surface area contributed by atoms with Crippen molar-refractivity contribution in [3.8, 4) is 11.1 Å². The number of aliphatic hydroxyl groups is 1. The van der Waals surface area contributed by atoms with Crippen LogP contribution in [-0.4, -0.2) is 42.4 Å². The van der Waals surface area contributed by atoms with Gasteiger partial charge in [0.1, 0.15) is 5.82 Å². The maximum absolute atomic E-state index is 10.0. The molecular weight excluding hydrogens is 397 g/mol. The first-order valence-corrected chi connectivity index (χ1v) is 10.3. The van der Waals surface area contributed by atoms with E-state index < -0.39 is 0 Å². The first-order chi connectivity index (χ1) is 13.4. The van der Waals surface area contributed by atoms with Crippen molar-refractivity contribution in [2.45, 2.75) is 32.4 Å². The van der Waals surface area contributed by atoms with E-state index >= 15 is 0 Å². The van der Waals surface area contributed by atoms with Gasteiger partial charge in [0.15, 0.2) is 0 Å². The molecule has 1 aromatic heterocycles. The monoisotopic (exact) mass is 421 g/mol. The molecule has 28 heavy (non-hydrogen) atoms. The van der Waals surface area contributed by atoms with Crippen molar-refractivity contribution < 1.29 is 9.84 Å². The predicted octanol–water partition coefficient (Wildman–Crippen LogP) is 3.80. The number of aromatic nitrogens is 1. The largest absolute Gasteiger partial charge is 0.392 e. The van der Waals surface area contributed by atoms with Crippen LogP contribution in [-0.2, 0) is 11.3 Å². The van der Waals surface area contributed by atoms with Crippen molar-refractivity contribution in [3.63, 3.8) is 0 Å². The van der Waals surface area contributed by atoms with Crippen LogP contribution in [0.5, 0.6) is 0 Å². The number of nitrogens with two attached hydrogens (primary N) is 1. The summed E-state index contributed by atoms with van der Waals surface area (Å²) in [5.74, 6) is 0.837. The first-order valence-electron chi connectivity index (χ1n) is 9.59. The van der Waals surface area contributed by atoms with E-state index in [1.54, 1.807) is 6.07 Å². The lowest BCUT2D eigenvalue weighted by Gasteiger charge is -2.41. The van der Waals surface area contributed by atoms with E-state index in [9.17, 15) is 5.11 Å². The lowest BCUT2D eigenvalue weighted by atomic mass is 9.75. The van der Waals surface area contributed by atoms with E-state index in [2.05, 4.69) is 4.90 Å². The van der Waals surface area contributed by atoms with Gasteiger partial charge in [-0.05, 0) is 31.9 Å². The van der Waals surface area contributed by atoms with E-state index in [0.29, 0.717) is 16.7 Å². The highest BCUT2D eigenvalue weighted by atomic mass is 35.5. The average molecular weight is 422 g/mol. The van der Waals surface area contributed by atoms with E-state index in [-0.39, 0.29) is 18.1 Å². The number of rotatable bonds is 3. The molecule has 0 aliphatic carbocycles. The Kier molecular flexibility index (Phi) is 5.55. The van der Waals surface area contributed by atoms with Crippen LogP contribution in [0.25, 0.3) is 11.1 Å². The molecular formula is C21H25Cl2N3O2. The second-order valence-electron chi connectivity index (χ2n) is 7.83. The number of ether oxygens (including phenoxy) is 1. The highest BCUT2D eigenvalue weighted by Gasteiger charge is 2.44. The molecule has 150 valence electrons. The molecule has 0 bridgehead atoms. The van der Waals surface area contributed by atoms with Crippen LogP contribution in [0.15, 0.2) is 24.3 Å². The van der Waals surface area contributed by atoms with Crippen LogP contribution in [0.4, 0.5) is 5.82 Å². The van der Waals surface area contributed by atoms with Crippen molar-refractivity contribution in [1.29, 1.82) is 0 Å². The van der Waals surface area contributed by atoms with Crippen molar-refractivity contribution in [2.75, 3.05) is 31.2 Å². The Hall–Kier alpha value is -1.37. The van der Waals surface area contributed by atoms with Gasteiger partial charge in [0.25, 0.3) is 0 Å². The predicted molar refractivity (Wildman–Crippen MR) is 113 cm³/mol. The molecule has 0 radical (unpaired) electrons. The standard InChI is InChI=1S/C21H25Cl2N3O2/c1-13-16(15-3-2-4-17(22)19(15)23)9-14(10-27)20(25-13)26-7-5-21(6-8-26)12-28-11-18(21)24/h2-4,9,18,27H,5-8,10-12,24H2,1H3/t18-/m1/s1. The number of piperidine rings is 1. The van der Waals surface area contributed by atoms with Gasteiger partial charge in [0.05, 0.1) is 29.9 Å². The average Bonchev–Trinajstić information content (AvgIpc) is 3.04. The molecule has 2 aliphatic rings. The summed E-state index contributed by atoms with van der Waals surface area (Å²) in [7, 11) is 0. The van der Waals surface area contributed by atoms with E-state index in [4.69, 9.17) is 38.7 Å². The van der Waals surface area contributed by atoms with Crippen molar-refractivity contribution in [1.82, 2.24) is 4.98 Å². The second kappa shape index (κ2) is 7.81. The molecule has 4 rings (SSSR count). The summed E-state index contributed by atoms with van der Waals surface area (Å²) in [5.41, 5.74) is 9.74. The molecule has 7 heteroatoms. The summed E-state index contributed by atoms with van der Waals surface area (Å²) in [5, 5.41) is 11.0. The summed E-state index contributed by atoms with van der Waals surface area (Å²) in [6, 6.07) is 7.63. The third kappa shape index (κ3) is 3.40. The number of hydrogen-bond acceptors (Lipinski definition) is 5. The number of benzene rings is 1. The van der Waals surface area contributed by atoms with Gasteiger partial charge in [-0.15, -0.1) is 0 Å². The first kappa shape index (κ1) is 19.9. The minimum Gasteiger partial charge on any atom is -0.392 e. The minimum absolute atomic E-state index is 0.0825. The normalized spacial score (nSPS) is 21.5. The lowest BCUT2D eigenvalue weighted by molar-refractivity contribution is 0.131. The van der Waals surface area contributed by atoms with Crippen LogP contribution in [0.2, 0.25) is 10.0 Å². The highest BCUT2D eigenvalue weighted by molar-refractivity contribution is 6.43. The SMILES string of the molecule is Cc1nc(N2CCC3(CC2)COC[C@H]3N)c(CO)cc1-c1cccc(Cl)c1Cl. The van der Waals surface area contributed by atoms with E-state index in [1.165, 1.54) is 0 Å². The third-order valence-corrected chi connectivity index (χ3v) is 7.03. The molecule has 2 aromatic rings. The number of pyridine rings is 1. The fourth-order valence-corrected chi connectivity index (χ4v) is 4.76. The minimum atomic E-state index is -0.0853. The molecule has 0 unspecified atom stereocenters. The Morgan fingerprint density at radius 3 is 2.68 bits per heavy atom. The van der Waals surface area contributed by atoms with Gasteiger partial charge in [0, 0.05) is 46.9 Å². The van der Waals surface area contributed by atoms with Gasteiger partial charge in [-0.25, -0.2) is 4.98 Å². The number of hydrogen-bond donors (Lipinski definition) is 2. The maximum Gasteiger partial charge on any atom is 0.134 e. The van der Waals surface area contributed by atoms with Crippen molar-refractivity contribution >= 4 is 29.0 Å². The zero-order chi connectivity index (χ0) is 19.9. The summed E-state index contributed by atoms with van der Waals surface area (Å²) in [6.45, 7) is 4.98. The molecule has 2 aliphatic heterocycles. The Morgan fingerprint density at radius 2 is 2.04 bits per heavy atom. The van der Waals surface area contributed by atoms with Crippen LogP contribution in [0.3, 0.4) is 0 Å². The van der Waals surface area contributed by atoms with E-state index in [0.717, 1.165) is 60.7 Å². The fraction of sp³-hybridized carbons (Fsp3) is 0.476. The number of nitrogens with zero attached hydrogens (tertiary/aromatic N) is 2. The quantitative estimate of drug-likeness (QED) is 0.788. The lowest BCUT2D eigenvalue weighted by Crippen LogP contribution is -2.49. The smallest absolute Gasteiger partial charge is 0.134 e. The number of aryl methyl sites for hydroxylation is 1. The second-order valence-corrected chi connectivity index (χ2v) is 8.62. The van der Waals surface area contributed by atoms with Gasteiger partial charge < -0.3 is 20.5 Å². The van der Waals surface area contributed by atoms with Gasteiger partial charge in [-0.1, -0.05) is 35.3 Å². The zero-order valence-electron chi connectivity index (χ0n) is 15.9. The van der Waals surface area contributed by atoms with Gasteiger partial charge in [-0.3, -0.25) is 0 Å². The topological polar surface area (TPSA) is 71.6 Å². The van der Waals surface area contributed by atoms with Crippen LogP contribution < -0.4 is 10.6 Å². The Morgan fingerprint density at radius 1 is 1.29 bits per heavy atom. The molecule has 0 amide bonds. The fourth-order valence-electron chi connectivity index (χ4n) is 4.36. The summed E-state index contributed by atoms with van der Waals surface area (Å²) < 4.78 is 5.62. The summed E-state index contributed by atoms with van der Waals surface area (Å²) >= 11 is 12.6. The summed E-state index contributed by atoms with van der Waals surface area (Å²) in [4.78, 5) is 7.10. The van der Waals surface area contributed by atoms with E-state index in [1.807, 2.05) is 25.1 Å². The Labute approximate surface area is 175 Å². The molecule has 3 N–H and O–H groups in total. The molecule has 2 saturated heterocycles. The highest BCUT2D eigenvalue weighted by Crippen LogP contribution is 2.41. The molecule has 1 atom stereocenters. The van der Waals surface area contributed by atoms with Crippen LogP contribution >= 0.6 is 23.2 Å². The number of aliphatic hydroxyl groups excluding tert-OH is 1. The van der Waals surface area contributed by atoms with Crippen LogP contribution in [0, 0.1) is 12.3 Å².